The summed E-state index contributed by atoms with van der Waals surface area (Å²) >= 11 is 12.8. The zero-order chi connectivity index (χ0) is 22.0. The van der Waals surface area contributed by atoms with Crippen molar-refractivity contribution in [3.05, 3.63) is 70.9 Å². The van der Waals surface area contributed by atoms with Gasteiger partial charge in [-0.1, -0.05) is 29.3 Å². The van der Waals surface area contributed by atoms with Crippen LogP contribution >= 0.6 is 23.2 Å². The van der Waals surface area contributed by atoms with Crippen LogP contribution < -0.4 is 5.73 Å². The molecule has 0 bridgehead atoms. The number of imidazole rings is 1. The van der Waals surface area contributed by atoms with Gasteiger partial charge in [-0.2, -0.15) is 5.10 Å². The summed E-state index contributed by atoms with van der Waals surface area (Å²) in [5.74, 6) is -0.627. The number of nitrogens with zero attached hydrogens (tertiary/aromatic N) is 5. The molecule has 7 nitrogen and oxygen atoms in total. The Kier molecular flexibility index (Phi) is 4.25. The average molecular weight is 463 g/mol. The Balaban J connectivity index is 1.61. The predicted molar refractivity (Wildman–Crippen MR) is 124 cm³/mol. The number of halogens is 2. The number of primary amides is 1. The first kappa shape index (κ1) is 19.3. The molecule has 158 valence electrons. The van der Waals surface area contributed by atoms with E-state index in [0.29, 0.717) is 33.0 Å². The molecule has 4 aromatic heterocycles. The normalized spacial score (nSPS) is 13.8. The van der Waals surface area contributed by atoms with Gasteiger partial charge in [-0.15, -0.1) is 0 Å². The lowest BCUT2D eigenvalue weighted by Gasteiger charge is -2.06. The molecule has 1 aliphatic carbocycles. The third-order valence-electron chi connectivity index (χ3n) is 5.74. The Morgan fingerprint density at radius 2 is 1.88 bits per heavy atom. The standard InChI is InChI=1S/C23H16Cl2N6O/c24-16-2-1-3-17(25)19(16)20-21(22(26)32)30-7-6-18-15(23(30)29-20)8-12(9-27-18)13-10-28-31(11-13)14-4-5-14/h1-3,6-11,14H,4-5H2,(H2,26,32). The summed E-state index contributed by atoms with van der Waals surface area (Å²) in [5, 5.41) is 6.03. The number of carbonyl (C=O) groups excluding carboxylic acids is 1. The molecule has 1 aromatic carbocycles. The molecule has 9 heteroatoms. The van der Waals surface area contributed by atoms with Gasteiger partial charge in [0.15, 0.2) is 0 Å². The van der Waals surface area contributed by atoms with Crippen LogP contribution in [0.5, 0.6) is 0 Å². The first-order chi connectivity index (χ1) is 15.5. The van der Waals surface area contributed by atoms with Gasteiger partial charge in [0, 0.05) is 40.7 Å². The van der Waals surface area contributed by atoms with Gasteiger partial charge in [0.2, 0.25) is 0 Å². The Bertz CT molecular complexity index is 1530. The number of pyridine rings is 2. The molecule has 0 atom stereocenters. The van der Waals surface area contributed by atoms with Gasteiger partial charge >= 0.3 is 0 Å². The summed E-state index contributed by atoms with van der Waals surface area (Å²) in [7, 11) is 0. The molecule has 1 amide bonds. The Hall–Kier alpha value is -3.42. The lowest BCUT2D eigenvalue weighted by molar-refractivity contribution is 0.0995. The average Bonchev–Trinajstić information content (AvgIpc) is 3.37. The first-order valence-corrected chi connectivity index (χ1v) is 10.9. The molecule has 1 fully saturated rings. The summed E-state index contributed by atoms with van der Waals surface area (Å²) in [4.78, 5) is 21.8. The summed E-state index contributed by atoms with van der Waals surface area (Å²) in [5.41, 5.74) is 9.96. The van der Waals surface area contributed by atoms with Crippen molar-refractivity contribution in [2.45, 2.75) is 18.9 Å². The zero-order valence-electron chi connectivity index (χ0n) is 16.7. The van der Waals surface area contributed by atoms with E-state index in [9.17, 15) is 4.79 Å². The van der Waals surface area contributed by atoms with E-state index >= 15 is 0 Å². The number of hydrogen-bond acceptors (Lipinski definition) is 4. The second-order valence-corrected chi connectivity index (χ2v) is 8.69. The van der Waals surface area contributed by atoms with Crippen molar-refractivity contribution in [2.24, 2.45) is 5.73 Å². The van der Waals surface area contributed by atoms with Gasteiger partial charge < -0.3 is 5.73 Å². The van der Waals surface area contributed by atoms with Crippen LogP contribution in [0.2, 0.25) is 10.0 Å². The second-order valence-electron chi connectivity index (χ2n) is 7.88. The van der Waals surface area contributed by atoms with Crippen molar-refractivity contribution in [3.63, 3.8) is 0 Å². The van der Waals surface area contributed by atoms with Crippen LogP contribution in [0.1, 0.15) is 29.4 Å². The van der Waals surface area contributed by atoms with Crippen LogP contribution in [-0.2, 0) is 0 Å². The zero-order valence-corrected chi connectivity index (χ0v) is 18.2. The van der Waals surface area contributed by atoms with Gasteiger partial charge in [0.1, 0.15) is 17.0 Å². The van der Waals surface area contributed by atoms with Crippen LogP contribution in [-0.4, -0.2) is 30.1 Å². The molecule has 6 rings (SSSR count). The third kappa shape index (κ3) is 2.97. The molecular weight excluding hydrogens is 447 g/mol. The largest absolute Gasteiger partial charge is 0.364 e. The molecule has 0 unspecified atom stereocenters. The Morgan fingerprint density at radius 1 is 1.09 bits per heavy atom. The lowest BCUT2D eigenvalue weighted by Crippen LogP contribution is -2.15. The highest BCUT2D eigenvalue weighted by Crippen LogP contribution is 2.38. The number of nitrogens with two attached hydrogens (primary N) is 1. The molecule has 1 aliphatic rings. The van der Waals surface area contributed by atoms with Crippen molar-refractivity contribution >= 4 is 45.7 Å². The Morgan fingerprint density at radius 3 is 2.59 bits per heavy atom. The van der Waals surface area contributed by atoms with Crippen LogP contribution in [0.4, 0.5) is 0 Å². The van der Waals surface area contributed by atoms with Crippen LogP contribution in [0.3, 0.4) is 0 Å². The maximum absolute atomic E-state index is 12.4. The number of benzene rings is 1. The topological polar surface area (TPSA) is 91.1 Å². The van der Waals surface area contributed by atoms with E-state index in [-0.39, 0.29) is 5.69 Å². The van der Waals surface area contributed by atoms with E-state index in [0.717, 1.165) is 34.9 Å². The fourth-order valence-corrected chi connectivity index (χ4v) is 4.59. The summed E-state index contributed by atoms with van der Waals surface area (Å²) in [6, 6.07) is 9.46. The van der Waals surface area contributed by atoms with Crippen molar-refractivity contribution < 1.29 is 4.79 Å². The number of fused-ring (bicyclic) bond motifs is 3. The fraction of sp³-hybridized carbons (Fsp3) is 0.130. The predicted octanol–water partition coefficient (Wildman–Crippen LogP) is 5.15. The van der Waals surface area contributed by atoms with Crippen LogP contribution in [0, 0.1) is 0 Å². The van der Waals surface area contributed by atoms with E-state index in [1.165, 1.54) is 0 Å². The van der Waals surface area contributed by atoms with E-state index in [4.69, 9.17) is 33.9 Å². The quantitative estimate of drug-likeness (QED) is 0.399. The smallest absolute Gasteiger partial charge is 0.268 e. The molecule has 1 saturated carbocycles. The minimum atomic E-state index is -0.627. The number of amides is 1. The van der Waals surface area contributed by atoms with E-state index < -0.39 is 5.91 Å². The fourth-order valence-electron chi connectivity index (χ4n) is 4.02. The molecule has 0 saturated heterocycles. The number of aromatic nitrogens is 5. The maximum Gasteiger partial charge on any atom is 0.268 e. The molecule has 4 heterocycles. The Labute approximate surface area is 192 Å². The monoisotopic (exact) mass is 462 g/mol. The highest BCUT2D eigenvalue weighted by atomic mass is 35.5. The number of hydrogen-bond donors (Lipinski definition) is 1. The summed E-state index contributed by atoms with van der Waals surface area (Å²) in [6.07, 6.45) is 9.75. The van der Waals surface area contributed by atoms with Crippen molar-refractivity contribution in [1.82, 2.24) is 24.1 Å². The SMILES string of the molecule is NC(=O)c1c(-c2c(Cl)cccc2Cl)nc2c3cc(-c4cnn(C5CC5)c4)cnc3ccn12. The molecule has 0 aliphatic heterocycles. The highest BCUT2D eigenvalue weighted by molar-refractivity contribution is 6.39. The third-order valence-corrected chi connectivity index (χ3v) is 6.37. The van der Waals surface area contributed by atoms with E-state index in [1.54, 1.807) is 28.8 Å². The van der Waals surface area contributed by atoms with Crippen molar-refractivity contribution in [1.29, 1.82) is 0 Å². The second kappa shape index (κ2) is 7.05. The van der Waals surface area contributed by atoms with Gasteiger partial charge in [0.05, 0.1) is 27.8 Å². The molecule has 0 spiro atoms. The van der Waals surface area contributed by atoms with E-state index in [1.807, 2.05) is 35.4 Å². The number of carbonyl (C=O) groups is 1. The van der Waals surface area contributed by atoms with Crippen molar-refractivity contribution in [3.8, 4) is 22.4 Å². The maximum atomic E-state index is 12.4. The molecule has 2 N–H and O–H groups in total. The molecule has 0 radical (unpaired) electrons. The van der Waals surface area contributed by atoms with Gasteiger partial charge in [0.25, 0.3) is 5.91 Å². The summed E-state index contributed by atoms with van der Waals surface area (Å²) < 4.78 is 3.66. The first-order valence-electron chi connectivity index (χ1n) is 10.1. The number of rotatable bonds is 4. The lowest BCUT2D eigenvalue weighted by atomic mass is 10.1. The van der Waals surface area contributed by atoms with Crippen molar-refractivity contribution in [2.75, 3.05) is 0 Å². The van der Waals surface area contributed by atoms with Gasteiger partial charge in [-0.05, 0) is 37.1 Å². The van der Waals surface area contributed by atoms with Crippen LogP contribution in [0.15, 0.2) is 55.1 Å². The van der Waals surface area contributed by atoms with Crippen LogP contribution in [0.25, 0.3) is 38.9 Å². The molecular formula is C23H16Cl2N6O. The highest BCUT2D eigenvalue weighted by Gasteiger charge is 2.25. The van der Waals surface area contributed by atoms with Gasteiger partial charge in [-0.25, -0.2) is 4.98 Å². The molecule has 5 aromatic rings. The van der Waals surface area contributed by atoms with E-state index in [2.05, 4.69) is 10.1 Å². The minimum absolute atomic E-state index is 0.212. The minimum Gasteiger partial charge on any atom is -0.364 e. The molecule has 32 heavy (non-hydrogen) atoms. The van der Waals surface area contributed by atoms with Gasteiger partial charge in [-0.3, -0.25) is 18.9 Å². The summed E-state index contributed by atoms with van der Waals surface area (Å²) in [6.45, 7) is 0.